The number of aryl methyl sites for hydroxylation is 2. The van der Waals surface area contributed by atoms with Gasteiger partial charge < -0.3 is 4.90 Å². The second kappa shape index (κ2) is 6.02. The van der Waals surface area contributed by atoms with Crippen molar-refractivity contribution in [1.82, 2.24) is 14.7 Å². The minimum absolute atomic E-state index is 0.00351. The molecular formula is C13H20N4O3. The average Bonchev–Trinajstić information content (AvgIpc) is 2.78. The first-order valence-electron chi connectivity index (χ1n) is 6.97. The fourth-order valence-corrected chi connectivity index (χ4v) is 2.62. The lowest BCUT2D eigenvalue weighted by Gasteiger charge is -2.33. The minimum Gasteiger partial charge on any atom is -0.340 e. The zero-order valence-electron chi connectivity index (χ0n) is 11.9. The van der Waals surface area contributed by atoms with Gasteiger partial charge in [-0.3, -0.25) is 19.6 Å². The predicted molar refractivity (Wildman–Crippen MR) is 73.3 cm³/mol. The number of rotatable bonds is 4. The summed E-state index contributed by atoms with van der Waals surface area (Å²) in [6.45, 7) is 4.87. The summed E-state index contributed by atoms with van der Waals surface area (Å²) in [7, 11) is 0. The van der Waals surface area contributed by atoms with Gasteiger partial charge >= 0.3 is 5.69 Å². The van der Waals surface area contributed by atoms with Crippen LogP contribution in [0.1, 0.15) is 38.3 Å². The van der Waals surface area contributed by atoms with Crippen molar-refractivity contribution in [2.75, 3.05) is 6.54 Å². The first-order valence-corrected chi connectivity index (χ1v) is 6.97. The molecule has 1 fully saturated rings. The molecule has 110 valence electrons. The highest BCUT2D eigenvalue weighted by atomic mass is 16.6. The van der Waals surface area contributed by atoms with Crippen molar-refractivity contribution in [3.63, 3.8) is 0 Å². The Morgan fingerprint density at radius 3 is 2.90 bits per heavy atom. The van der Waals surface area contributed by atoms with Crippen LogP contribution in [0.2, 0.25) is 0 Å². The molecule has 0 saturated carbocycles. The summed E-state index contributed by atoms with van der Waals surface area (Å²) in [5.41, 5.74) is 0.387. The highest BCUT2D eigenvalue weighted by Gasteiger charge is 2.23. The van der Waals surface area contributed by atoms with E-state index in [0.29, 0.717) is 24.7 Å². The molecule has 1 saturated heterocycles. The van der Waals surface area contributed by atoms with Gasteiger partial charge in [-0.2, -0.15) is 5.10 Å². The summed E-state index contributed by atoms with van der Waals surface area (Å²) in [5.74, 6) is 0.105. The molecule has 2 heterocycles. The van der Waals surface area contributed by atoms with Gasteiger partial charge in [0.25, 0.3) is 0 Å². The molecule has 1 amide bonds. The van der Waals surface area contributed by atoms with Crippen molar-refractivity contribution in [3.8, 4) is 0 Å². The van der Waals surface area contributed by atoms with Crippen molar-refractivity contribution in [2.24, 2.45) is 0 Å². The zero-order chi connectivity index (χ0) is 14.7. The topological polar surface area (TPSA) is 81.3 Å². The Hall–Kier alpha value is -1.92. The fourth-order valence-electron chi connectivity index (χ4n) is 2.62. The number of aromatic nitrogens is 2. The first-order chi connectivity index (χ1) is 9.49. The quantitative estimate of drug-likeness (QED) is 0.623. The third-order valence-corrected chi connectivity index (χ3v) is 3.80. The summed E-state index contributed by atoms with van der Waals surface area (Å²) in [6, 6.07) is 0.296. The third-order valence-electron chi connectivity index (χ3n) is 3.80. The van der Waals surface area contributed by atoms with Gasteiger partial charge in [0.05, 0.1) is 4.92 Å². The highest BCUT2D eigenvalue weighted by molar-refractivity contribution is 5.76. The molecule has 0 radical (unpaired) electrons. The number of amides is 1. The molecule has 0 aliphatic carbocycles. The zero-order valence-corrected chi connectivity index (χ0v) is 11.9. The SMILES string of the molecule is Cc1nn(CCC(=O)N2CCCCC2C)cc1[N+](=O)[O-]. The molecule has 7 heteroatoms. The van der Waals surface area contributed by atoms with Crippen LogP contribution in [0.4, 0.5) is 5.69 Å². The van der Waals surface area contributed by atoms with Crippen molar-refractivity contribution in [3.05, 3.63) is 22.0 Å². The van der Waals surface area contributed by atoms with Crippen molar-refractivity contribution in [2.45, 2.75) is 52.1 Å². The lowest BCUT2D eigenvalue weighted by atomic mass is 10.0. The van der Waals surface area contributed by atoms with Gasteiger partial charge in [-0.1, -0.05) is 0 Å². The third kappa shape index (κ3) is 3.15. The summed E-state index contributed by atoms with van der Waals surface area (Å²) in [5, 5.41) is 14.8. The molecular weight excluding hydrogens is 260 g/mol. The van der Waals surface area contributed by atoms with E-state index in [1.165, 1.54) is 17.3 Å². The molecule has 1 aromatic rings. The smallest absolute Gasteiger partial charge is 0.309 e. The van der Waals surface area contributed by atoms with E-state index < -0.39 is 4.92 Å². The second-order valence-electron chi connectivity index (χ2n) is 5.30. The summed E-state index contributed by atoms with van der Waals surface area (Å²) < 4.78 is 1.49. The number of carbonyl (C=O) groups is 1. The van der Waals surface area contributed by atoms with E-state index >= 15 is 0 Å². The van der Waals surface area contributed by atoms with Crippen LogP contribution in [0.15, 0.2) is 6.20 Å². The van der Waals surface area contributed by atoms with Crippen LogP contribution in [-0.4, -0.2) is 38.1 Å². The maximum atomic E-state index is 12.2. The normalized spacial score (nSPS) is 19.1. The number of hydrogen-bond donors (Lipinski definition) is 0. The number of nitrogens with zero attached hydrogens (tertiary/aromatic N) is 4. The Bertz CT molecular complexity index is 512. The van der Waals surface area contributed by atoms with E-state index in [0.717, 1.165) is 19.4 Å². The molecule has 0 bridgehead atoms. The van der Waals surface area contributed by atoms with Crippen LogP contribution in [0.25, 0.3) is 0 Å². The van der Waals surface area contributed by atoms with Gasteiger partial charge in [-0.15, -0.1) is 0 Å². The van der Waals surface area contributed by atoms with Crippen molar-refractivity contribution in [1.29, 1.82) is 0 Å². The molecule has 1 aromatic heterocycles. The molecule has 0 aromatic carbocycles. The molecule has 0 N–H and O–H groups in total. The Balaban J connectivity index is 1.93. The van der Waals surface area contributed by atoms with E-state index in [4.69, 9.17) is 0 Å². The van der Waals surface area contributed by atoms with E-state index in [2.05, 4.69) is 12.0 Å². The van der Waals surface area contributed by atoms with Crippen LogP contribution in [-0.2, 0) is 11.3 Å². The lowest BCUT2D eigenvalue weighted by molar-refractivity contribution is -0.385. The monoisotopic (exact) mass is 280 g/mol. The van der Waals surface area contributed by atoms with Gasteiger partial charge in [-0.05, 0) is 33.1 Å². The second-order valence-corrected chi connectivity index (χ2v) is 5.30. The van der Waals surface area contributed by atoms with Crippen LogP contribution in [0, 0.1) is 17.0 Å². The average molecular weight is 280 g/mol. The van der Waals surface area contributed by atoms with E-state index in [-0.39, 0.29) is 11.6 Å². The van der Waals surface area contributed by atoms with E-state index in [1.54, 1.807) is 6.92 Å². The number of carbonyl (C=O) groups excluding carboxylic acids is 1. The number of hydrogen-bond acceptors (Lipinski definition) is 4. The van der Waals surface area contributed by atoms with Crippen molar-refractivity contribution >= 4 is 11.6 Å². The van der Waals surface area contributed by atoms with Crippen LogP contribution in [0.5, 0.6) is 0 Å². The lowest BCUT2D eigenvalue weighted by Crippen LogP contribution is -2.42. The largest absolute Gasteiger partial charge is 0.340 e. The molecule has 1 unspecified atom stereocenters. The van der Waals surface area contributed by atoms with Gasteiger partial charge in [-0.25, -0.2) is 0 Å². The van der Waals surface area contributed by atoms with Gasteiger partial charge in [0.1, 0.15) is 11.9 Å². The Morgan fingerprint density at radius 2 is 2.30 bits per heavy atom. The van der Waals surface area contributed by atoms with E-state index in [1.807, 2.05) is 4.90 Å². The number of nitro groups is 1. The van der Waals surface area contributed by atoms with Crippen LogP contribution < -0.4 is 0 Å². The molecule has 1 atom stereocenters. The maximum absolute atomic E-state index is 12.2. The minimum atomic E-state index is -0.451. The Morgan fingerprint density at radius 1 is 1.55 bits per heavy atom. The molecule has 2 rings (SSSR count). The maximum Gasteiger partial charge on any atom is 0.309 e. The van der Waals surface area contributed by atoms with Gasteiger partial charge in [0.15, 0.2) is 0 Å². The van der Waals surface area contributed by atoms with Gasteiger partial charge in [0.2, 0.25) is 5.91 Å². The molecule has 1 aliphatic heterocycles. The Labute approximate surface area is 117 Å². The standard InChI is InChI=1S/C13H20N4O3/c1-10-5-3-4-7-16(10)13(18)6-8-15-9-12(17(19)20)11(2)14-15/h9-10H,3-8H2,1-2H3. The molecule has 1 aliphatic rings. The fraction of sp³-hybridized carbons (Fsp3) is 0.692. The molecule has 7 nitrogen and oxygen atoms in total. The van der Waals surface area contributed by atoms with E-state index in [9.17, 15) is 14.9 Å². The number of likely N-dealkylation sites (tertiary alicyclic amines) is 1. The molecule has 20 heavy (non-hydrogen) atoms. The summed E-state index contributed by atoms with van der Waals surface area (Å²) in [4.78, 5) is 24.4. The molecule has 0 spiro atoms. The summed E-state index contributed by atoms with van der Waals surface area (Å²) >= 11 is 0. The predicted octanol–water partition coefficient (Wildman–Crippen LogP) is 1.89. The summed E-state index contributed by atoms with van der Waals surface area (Å²) in [6.07, 6.45) is 5.01. The Kier molecular flexibility index (Phi) is 4.36. The van der Waals surface area contributed by atoms with Crippen molar-refractivity contribution < 1.29 is 9.72 Å². The van der Waals surface area contributed by atoms with Gasteiger partial charge in [0, 0.05) is 25.6 Å². The van der Waals surface area contributed by atoms with Crippen LogP contribution in [0.3, 0.4) is 0 Å². The number of piperidine rings is 1. The highest BCUT2D eigenvalue weighted by Crippen LogP contribution is 2.18. The first kappa shape index (κ1) is 14.5. The van der Waals surface area contributed by atoms with Crippen LogP contribution >= 0.6 is 0 Å².